The lowest BCUT2D eigenvalue weighted by molar-refractivity contribution is 0.855. The highest BCUT2D eigenvalue weighted by Crippen LogP contribution is 2.31. The Kier molecular flexibility index (Phi) is 3.15. The van der Waals surface area contributed by atoms with Crippen molar-refractivity contribution >= 4 is 38.9 Å². The molecule has 0 aliphatic heterocycles. The van der Waals surface area contributed by atoms with Gasteiger partial charge in [0.1, 0.15) is 4.34 Å². The highest BCUT2D eigenvalue weighted by molar-refractivity contribution is 9.10. The van der Waals surface area contributed by atoms with Gasteiger partial charge in [-0.15, -0.1) is 11.3 Å². The van der Waals surface area contributed by atoms with Crippen LogP contribution in [-0.2, 0) is 6.54 Å². The van der Waals surface area contributed by atoms with E-state index >= 15 is 0 Å². The van der Waals surface area contributed by atoms with Crippen LogP contribution in [-0.4, -0.2) is 4.68 Å². The van der Waals surface area contributed by atoms with Crippen LogP contribution in [0.15, 0.2) is 35.1 Å². The van der Waals surface area contributed by atoms with Crippen LogP contribution >= 0.6 is 38.9 Å². The first-order valence-corrected chi connectivity index (χ1v) is 6.05. The molecule has 2 nitrogen and oxygen atoms in total. The molecular formula is C9H8BrClN2S. The maximum Gasteiger partial charge on any atom is 0.107 e. The molecule has 0 saturated heterocycles. The molecule has 2 aromatic rings. The summed E-state index contributed by atoms with van der Waals surface area (Å²) in [5, 5.41) is 0. The number of aromatic nitrogens is 1. The molecular weight excluding hydrogens is 284 g/mol. The summed E-state index contributed by atoms with van der Waals surface area (Å²) in [7, 11) is 0. The van der Waals surface area contributed by atoms with Crippen molar-refractivity contribution in [2.45, 2.75) is 6.54 Å². The van der Waals surface area contributed by atoms with Gasteiger partial charge in [-0.1, -0.05) is 11.6 Å². The van der Waals surface area contributed by atoms with Crippen molar-refractivity contribution in [1.82, 2.24) is 4.68 Å². The molecule has 2 aromatic heterocycles. The highest BCUT2D eigenvalue weighted by atomic mass is 79.9. The van der Waals surface area contributed by atoms with Crippen LogP contribution in [0, 0.1) is 0 Å². The Morgan fingerprint density at radius 3 is 2.71 bits per heavy atom. The van der Waals surface area contributed by atoms with E-state index < -0.39 is 0 Å². The van der Waals surface area contributed by atoms with Gasteiger partial charge < -0.3 is 5.43 Å². The third-order valence-corrected chi connectivity index (χ3v) is 4.21. The standard InChI is InChI=1S/C9H8BrClN2S/c10-8-5-7(14-9(8)11)6-12-13-3-1-2-4-13/h1-5,12H,6H2. The second-order valence-corrected chi connectivity index (χ2v) is 5.35. The Balaban J connectivity index is 1.98. The lowest BCUT2D eigenvalue weighted by Crippen LogP contribution is -2.10. The lowest BCUT2D eigenvalue weighted by Gasteiger charge is -2.04. The monoisotopic (exact) mass is 290 g/mol. The molecule has 0 atom stereocenters. The van der Waals surface area contributed by atoms with E-state index in [0.29, 0.717) is 0 Å². The number of rotatable bonds is 3. The van der Waals surface area contributed by atoms with Crippen molar-refractivity contribution in [3.05, 3.63) is 44.3 Å². The van der Waals surface area contributed by atoms with Crippen LogP contribution in [0.2, 0.25) is 4.34 Å². The molecule has 0 spiro atoms. The van der Waals surface area contributed by atoms with Gasteiger partial charge in [-0.05, 0) is 34.1 Å². The number of nitrogens with one attached hydrogen (secondary N) is 1. The van der Waals surface area contributed by atoms with E-state index in [9.17, 15) is 0 Å². The fraction of sp³-hybridized carbons (Fsp3) is 0.111. The van der Waals surface area contributed by atoms with E-state index in [1.54, 1.807) is 11.3 Å². The summed E-state index contributed by atoms with van der Waals surface area (Å²) in [4.78, 5) is 1.20. The molecule has 0 saturated carbocycles. The maximum atomic E-state index is 5.93. The first-order valence-electron chi connectivity index (χ1n) is 4.06. The zero-order chi connectivity index (χ0) is 9.97. The first kappa shape index (κ1) is 10.1. The summed E-state index contributed by atoms with van der Waals surface area (Å²) in [6.45, 7) is 0.782. The van der Waals surface area contributed by atoms with Crippen molar-refractivity contribution in [3.8, 4) is 0 Å². The van der Waals surface area contributed by atoms with E-state index in [0.717, 1.165) is 15.4 Å². The molecule has 0 aliphatic rings. The zero-order valence-electron chi connectivity index (χ0n) is 7.21. The summed E-state index contributed by atoms with van der Waals surface area (Å²) in [5.41, 5.74) is 3.23. The van der Waals surface area contributed by atoms with Crippen molar-refractivity contribution in [2.24, 2.45) is 0 Å². The Morgan fingerprint density at radius 2 is 2.14 bits per heavy atom. The molecule has 2 rings (SSSR count). The van der Waals surface area contributed by atoms with Gasteiger partial charge in [-0.2, -0.15) is 0 Å². The largest absolute Gasteiger partial charge is 0.321 e. The average Bonchev–Trinajstić information content (AvgIpc) is 2.74. The van der Waals surface area contributed by atoms with Gasteiger partial charge in [0, 0.05) is 21.7 Å². The third kappa shape index (κ3) is 2.32. The van der Waals surface area contributed by atoms with Crippen LogP contribution in [0.5, 0.6) is 0 Å². The number of halogens is 2. The number of nitrogens with zero attached hydrogens (tertiary/aromatic N) is 1. The van der Waals surface area contributed by atoms with Gasteiger partial charge in [0.2, 0.25) is 0 Å². The normalized spacial score (nSPS) is 10.4. The van der Waals surface area contributed by atoms with Gasteiger partial charge in [-0.25, -0.2) is 0 Å². The Bertz CT molecular complexity index is 391. The molecule has 2 heterocycles. The van der Waals surface area contributed by atoms with E-state index in [-0.39, 0.29) is 0 Å². The summed E-state index contributed by atoms with van der Waals surface area (Å²) in [6.07, 6.45) is 3.93. The average molecular weight is 292 g/mol. The van der Waals surface area contributed by atoms with Gasteiger partial charge in [0.05, 0.1) is 6.54 Å². The lowest BCUT2D eigenvalue weighted by atomic mass is 10.5. The van der Waals surface area contributed by atoms with E-state index in [1.165, 1.54) is 4.88 Å². The Hall–Kier alpha value is -0.450. The topological polar surface area (TPSA) is 17.0 Å². The summed E-state index contributed by atoms with van der Waals surface area (Å²) in [6, 6.07) is 5.98. The maximum absolute atomic E-state index is 5.93. The molecule has 5 heteroatoms. The van der Waals surface area contributed by atoms with Crippen LogP contribution in [0.1, 0.15) is 4.88 Å². The van der Waals surface area contributed by atoms with Crippen LogP contribution in [0.3, 0.4) is 0 Å². The van der Waals surface area contributed by atoms with Gasteiger partial charge in [0.15, 0.2) is 0 Å². The Labute approximate surface area is 99.6 Å². The molecule has 14 heavy (non-hydrogen) atoms. The summed E-state index contributed by atoms with van der Waals surface area (Å²) in [5.74, 6) is 0. The minimum Gasteiger partial charge on any atom is -0.321 e. The molecule has 0 fully saturated rings. The predicted molar refractivity (Wildman–Crippen MR) is 64.5 cm³/mol. The van der Waals surface area contributed by atoms with Crippen LogP contribution in [0.25, 0.3) is 0 Å². The quantitative estimate of drug-likeness (QED) is 0.912. The van der Waals surface area contributed by atoms with Crippen LogP contribution in [0.4, 0.5) is 0 Å². The molecule has 0 amide bonds. The first-order chi connectivity index (χ1) is 6.75. The highest BCUT2D eigenvalue weighted by Gasteiger charge is 2.03. The van der Waals surface area contributed by atoms with Crippen molar-refractivity contribution < 1.29 is 0 Å². The molecule has 0 bridgehead atoms. The summed E-state index contributed by atoms with van der Waals surface area (Å²) < 4.78 is 3.68. The van der Waals surface area contributed by atoms with Gasteiger partial charge in [-0.3, -0.25) is 4.68 Å². The van der Waals surface area contributed by atoms with E-state index in [2.05, 4.69) is 21.4 Å². The van der Waals surface area contributed by atoms with E-state index in [4.69, 9.17) is 11.6 Å². The third-order valence-electron chi connectivity index (χ3n) is 1.74. The van der Waals surface area contributed by atoms with E-state index in [1.807, 2.05) is 35.3 Å². The van der Waals surface area contributed by atoms with Gasteiger partial charge >= 0.3 is 0 Å². The van der Waals surface area contributed by atoms with Crippen LogP contribution < -0.4 is 5.43 Å². The molecule has 74 valence electrons. The molecule has 0 unspecified atom stereocenters. The molecule has 0 aliphatic carbocycles. The second kappa shape index (κ2) is 4.38. The SMILES string of the molecule is Clc1sc(CNn2cccc2)cc1Br. The van der Waals surface area contributed by atoms with Crippen molar-refractivity contribution in [1.29, 1.82) is 0 Å². The minimum absolute atomic E-state index is 0.782. The number of hydrogen-bond acceptors (Lipinski definition) is 2. The fourth-order valence-corrected chi connectivity index (χ4v) is 2.81. The zero-order valence-corrected chi connectivity index (χ0v) is 10.4. The molecule has 0 aromatic carbocycles. The number of hydrogen-bond donors (Lipinski definition) is 1. The Morgan fingerprint density at radius 1 is 1.43 bits per heavy atom. The van der Waals surface area contributed by atoms with Crippen molar-refractivity contribution in [3.63, 3.8) is 0 Å². The fourth-order valence-electron chi connectivity index (χ4n) is 1.09. The number of thiophene rings is 1. The second-order valence-electron chi connectivity index (χ2n) is 2.76. The van der Waals surface area contributed by atoms with Crippen molar-refractivity contribution in [2.75, 3.05) is 5.43 Å². The molecule has 1 N–H and O–H groups in total. The minimum atomic E-state index is 0.782. The smallest absolute Gasteiger partial charge is 0.107 e. The summed E-state index contributed by atoms with van der Waals surface area (Å²) >= 11 is 10.9. The molecule has 0 radical (unpaired) electrons. The predicted octanol–water partition coefficient (Wildman–Crippen LogP) is 3.71. The van der Waals surface area contributed by atoms with Gasteiger partial charge in [0.25, 0.3) is 0 Å².